The monoisotopic (exact) mass is 389 g/mol. The van der Waals surface area contributed by atoms with Crippen molar-refractivity contribution in [2.24, 2.45) is 0 Å². The van der Waals surface area contributed by atoms with Gasteiger partial charge < -0.3 is 23.9 Å². The number of carbonyl (C=O) groups is 2. The molecule has 0 aliphatic carbocycles. The topological polar surface area (TPSA) is 104 Å². The van der Waals surface area contributed by atoms with E-state index in [1.54, 1.807) is 39.2 Å². The Morgan fingerprint density at radius 2 is 1.86 bits per heavy atom. The van der Waals surface area contributed by atoms with Crippen LogP contribution in [0.2, 0.25) is 0 Å². The smallest absolute Gasteiger partial charge is 0.342 e. The summed E-state index contributed by atoms with van der Waals surface area (Å²) in [4.78, 5) is 35.8. The molecule has 0 bridgehead atoms. The van der Waals surface area contributed by atoms with Crippen molar-refractivity contribution in [1.29, 1.82) is 0 Å². The van der Waals surface area contributed by atoms with Gasteiger partial charge in [-0.15, -0.1) is 0 Å². The summed E-state index contributed by atoms with van der Waals surface area (Å²) >= 11 is 0. The first-order chi connectivity index (χ1) is 13.3. The number of hydrogen-bond acceptors (Lipinski definition) is 7. The molecule has 1 heterocycles. The zero-order valence-electron chi connectivity index (χ0n) is 16.5. The third kappa shape index (κ3) is 4.91. The number of hydrogen-bond donors (Lipinski definition) is 1. The average molecular weight is 389 g/mol. The molecule has 8 heteroatoms. The number of ether oxygens (including phenoxy) is 3. The molecule has 0 spiro atoms. The number of nitrogens with one attached hydrogen (secondary N) is 1. The molecule has 2 rings (SSSR count). The van der Waals surface area contributed by atoms with Crippen molar-refractivity contribution in [1.82, 2.24) is 5.32 Å². The molecular formula is C20H23NO7. The van der Waals surface area contributed by atoms with Gasteiger partial charge in [0.05, 0.1) is 20.3 Å². The Morgan fingerprint density at radius 3 is 2.46 bits per heavy atom. The van der Waals surface area contributed by atoms with Crippen molar-refractivity contribution < 1.29 is 28.2 Å². The molecule has 2 aromatic rings. The van der Waals surface area contributed by atoms with E-state index in [0.29, 0.717) is 17.1 Å². The summed E-state index contributed by atoms with van der Waals surface area (Å²) in [7, 11) is 3.08. The van der Waals surface area contributed by atoms with Crippen molar-refractivity contribution in [3.63, 3.8) is 0 Å². The van der Waals surface area contributed by atoms with Crippen LogP contribution in [0.15, 0.2) is 33.5 Å². The summed E-state index contributed by atoms with van der Waals surface area (Å²) in [6.07, 6.45) is 0. The molecule has 1 aromatic heterocycles. The second-order valence-electron chi connectivity index (χ2n) is 6.15. The lowest BCUT2D eigenvalue weighted by molar-refractivity contribution is -0.124. The molecule has 0 saturated carbocycles. The number of amides is 1. The van der Waals surface area contributed by atoms with Crippen LogP contribution in [0.5, 0.6) is 11.5 Å². The first-order valence-corrected chi connectivity index (χ1v) is 8.56. The van der Waals surface area contributed by atoms with Crippen molar-refractivity contribution >= 4 is 11.9 Å². The predicted molar refractivity (Wildman–Crippen MR) is 101 cm³/mol. The number of methoxy groups -OCH3 is 2. The second-order valence-corrected chi connectivity index (χ2v) is 6.15. The molecule has 1 unspecified atom stereocenters. The van der Waals surface area contributed by atoms with E-state index in [2.05, 4.69) is 5.32 Å². The highest BCUT2D eigenvalue weighted by Crippen LogP contribution is 2.29. The molecule has 0 radical (unpaired) electrons. The molecule has 28 heavy (non-hydrogen) atoms. The molecule has 1 amide bonds. The first kappa shape index (κ1) is 21.0. The first-order valence-electron chi connectivity index (χ1n) is 8.56. The highest BCUT2D eigenvalue weighted by Gasteiger charge is 2.20. The zero-order chi connectivity index (χ0) is 20.8. The summed E-state index contributed by atoms with van der Waals surface area (Å²) in [5, 5.41) is 2.74. The van der Waals surface area contributed by atoms with E-state index in [1.165, 1.54) is 20.1 Å². The molecule has 1 N–H and O–H groups in total. The van der Waals surface area contributed by atoms with Gasteiger partial charge in [0.25, 0.3) is 5.91 Å². The fourth-order valence-corrected chi connectivity index (χ4v) is 2.80. The Balaban J connectivity index is 2.03. The molecule has 150 valence electrons. The van der Waals surface area contributed by atoms with Gasteiger partial charge in [0.15, 0.2) is 6.61 Å². The van der Waals surface area contributed by atoms with E-state index >= 15 is 0 Å². The lowest BCUT2D eigenvalue weighted by Gasteiger charge is -2.18. The average Bonchev–Trinajstić information content (AvgIpc) is 2.64. The molecule has 8 nitrogen and oxygen atoms in total. The normalized spacial score (nSPS) is 11.5. The van der Waals surface area contributed by atoms with Crippen molar-refractivity contribution in [2.75, 3.05) is 20.8 Å². The number of benzene rings is 1. The second kappa shape index (κ2) is 9.07. The van der Waals surface area contributed by atoms with E-state index in [0.717, 1.165) is 5.56 Å². The van der Waals surface area contributed by atoms with Gasteiger partial charge in [-0.05, 0) is 44.5 Å². The van der Waals surface area contributed by atoms with Crippen LogP contribution in [-0.2, 0) is 9.53 Å². The minimum atomic E-state index is -0.736. The minimum absolute atomic E-state index is 0.134. The molecule has 0 fully saturated rings. The van der Waals surface area contributed by atoms with Crippen molar-refractivity contribution in [3.8, 4) is 11.5 Å². The highest BCUT2D eigenvalue weighted by molar-refractivity contribution is 5.93. The van der Waals surface area contributed by atoms with Gasteiger partial charge >= 0.3 is 11.6 Å². The van der Waals surface area contributed by atoms with Gasteiger partial charge in [-0.3, -0.25) is 4.79 Å². The number of carbonyl (C=O) groups excluding carboxylic acids is 2. The molecule has 1 atom stereocenters. The third-order valence-electron chi connectivity index (χ3n) is 4.15. The summed E-state index contributed by atoms with van der Waals surface area (Å²) in [5.41, 5.74) is 0.729. The van der Waals surface area contributed by atoms with Gasteiger partial charge in [-0.25, -0.2) is 9.59 Å². The van der Waals surface area contributed by atoms with Crippen LogP contribution in [0.1, 0.15) is 40.2 Å². The number of esters is 1. The Morgan fingerprint density at radius 1 is 1.14 bits per heavy atom. The zero-order valence-corrected chi connectivity index (χ0v) is 16.5. The lowest BCUT2D eigenvalue weighted by atomic mass is 10.1. The van der Waals surface area contributed by atoms with Crippen LogP contribution < -0.4 is 20.4 Å². The van der Waals surface area contributed by atoms with Crippen LogP contribution in [0.4, 0.5) is 0 Å². The summed E-state index contributed by atoms with van der Waals surface area (Å²) in [6.45, 7) is 4.38. The van der Waals surface area contributed by atoms with Gasteiger partial charge in [-0.1, -0.05) is 0 Å². The fourth-order valence-electron chi connectivity index (χ4n) is 2.80. The molecule has 0 aliphatic rings. The summed E-state index contributed by atoms with van der Waals surface area (Å²) in [6, 6.07) is 6.04. The summed E-state index contributed by atoms with van der Waals surface area (Å²) < 4.78 is 20.5. The predicted octanol–water partition coefficient (Wildman–Crippen LogP) is 2.31. The SMILES string of the molecule is COc1ccc(OC)c(C(C)NC(=O)COC(=O)c2c(C)cc(=O)oc2C)c1. The van der Waals surface area contributed by atoms with Gasteiger partial charge in [0, 0.05) is 11.6 Å². The highest BCUT2D eigenvalue weighted by atomic mass is 16.5. The maximum atomic E-state index is 12.2. The van der Waals surface area contributed by atoms with E-state index in [9.17, 15) is 14.4 Å². The van der Waals surface area contributed by atoms with Crippen LogP contribution in [0.3, 0.4) is 0 Å². The molecule has 0 aliphatic heterocycles. The van der Waals surface area contributed by atoms with Crippen molar-refractivity contribution in [3.05, 3.63) is 57.1 Å². The number of aryl methyl sites for hydroxylation is 2. The van der Waals surface area contributed by atoms with E-state index in [4.69, 9.17) is 18.6 Å². The molecular weight excluding hydrogens is 366 g/mol. The van der Waals surface area contributed by atoms with E-state index in [-0.39, 0.29) is 11.3 Å². The fraction of sp³-hybridized carbons (Fsp3) is 0.350. The van der Waals surface area contributed by atoms with E-state index < -0.39 is 30.2 Å². The van der Waals surface area contributed by atoms with Gasteiger partial charge in [0.1, 0.15) is 22.8 Å². The Bertz CT molecular complexity index is 906. The quantitative estimate of drug-likeness (QED) is 0.725. The molecule has 0 saturated heterocycles. The van der Waals surface area contributed by atoms with Crippen LogP contribution in [-0.4, -0.2) is 32.7 Å². The van der Waals surface area contributed by atoms with Crippen LogP contribution in [0.25, 0.3) is 0 Å². The Kier molecular flexibility index (Phi) is 6.81. The third-order valence-corrected chi connectivity index (χ3v) is 4.15. The standard InChI is InChI=1S/C20H23NO7/c1-11-8-18(23)28-13(3)19(11)20(24)27-10-17(22)21-12(2)15-9-14(25-4)6-7-16(15)26-5/h6-9,12H,10H2,1-5H3,(H,21,22). The Labute approximate surface area is 162 Å². The van der Waals surface area contributed by atoms with Crippen LogP contribution >= 0.6 is 0 Å². The number of rotatable bonds is 7. The van der Waals surface area contributed by atoms with Crippen LogP contribution in [0, 0.1) is 13.8 Å². The summed E-state index contributed by atoms with van der Waals surface area (Å²) in [5.74, 6) is 0.139. The van der Waals surface area contributed by atoms with Crippen molar-refractivity contribution in [2.45, 2.75) is 26.8 Å². The minimum Gasteiger partial charge on any atom is -0.497 e. The Hall–Kier alpha value is -3.29. The van der Waals surface area contributed by atoms with E-state index in [1.807, 2.05) is 0 Å². The largest absolute Gasteiger partial charge is 0.497 e. The van der Waals surface area contributed by atoms with Gasteiger partial charge in [-0.2, -0.15) is 0 Å². The van der Waals surface area contributed by atoms with Gasteiger partial charge in [0.2, 0.25) is 0 Å². The molecule has 1 aromatic carbocycles. The lowest BCUT2D eigenvalue weighted by Crippen LogP contribution is -2.31. The maximum Gasteiger partial charge on any atom is 0.342 e. The maximum absolute atomic E-state index is 12.2.